The molecule has 22 aliphatic rings. The van der Waals surface area contributed by atoms with Crippen molar-refractivity contribution in [1.29, 1.82) is 0 Å². The summed E-state index contributed by atoms with van der Waals surface area (Å²) < 4.78 is 75.1. The van der Waals surface area contributed by atoms with Crippen molar-refractivity contribution in [1.82, 2.24) is 0 Å². The van der Waals surface area contributed by atoms with Gasteiger partial charge in [-0.05, 0) is 12.8 Å². The van der Waals surface area contributed by atoms with Crippen LogP contribution in [0.3, 0.4) is 0 Å². The van der Waals surface area contributed by atoms with Crippen LogP contribution < -0.4 is 0 Å². The Morgan fingerprint density at radius 3 is 0.781 bits per heavy atom. The van der Waals surface area contributed by atoms with Gasteiger partial charge in [-0.2, -0.15) is 0 Å². The molecule has 0 saturated carbocycles. The van der Waals surface area contributed by atoms with E-state index in [1.807, 2.05) is 0 Å². The monoisotopic (exact) mass is 1070 g/mol. The zero-order chi connectivity index (χ0) is 53.2. The minimum atomic E-state index is -2.18. The Morgan fingerprint density at radius 1 is 0.301 bits per heavy atom. The van der Waals surface area contributed by atoms with E-state index in [4.69, 9.17) is 61.6 Å². The molecule has 32 heteroatoms. The number of hydrogen-bond acceptors (Lipinski definition) is 32. The second-order valence-electron chi connectivity index (χ2n) is 18.7. The molecule has 0 aliphatic carbocycles. The Hall–Kier alpha value is -1.28. The molecule has 0 amide bonds. The number of aliphatic hydroxyl groups excluding tert-OH is 19. The lowest BCUT2D eigenvalue weighted by atomic mass is 9.94. The molecule has 0 aromatic heterocycles. The summed E-state index contributed by atoms with van der Waals surface area (Å²) >= 11 is 0. The van der Waals surface area contributed by atoms with Crippen LogP contribution >= 0.6 is 0 Å². The first-order valence-electron chi connectivity index (χ1n) is 23.8. The number of rotatable bonds is 12. The van der Waals surface area contributed by atoms with Crippen molar-refractivity contribution in [3.63, 3.8) is 0 Å². The molecular formula is C41H70O32. The predicted octanol–water partition coefficient (Wildman–Crippen LogP) is -12.9. The number of ether oxygens (including phenoxy) is 13. The zero-order valence-corrected chi connectivity index (χ0v) is 38.8. The number of hydrogen-bond donors (Lipinski definition) is 19. The van der Waals surface area contributed by atoms with Crippen LogP contribution in [-0.4, -0.2) is 340 Å². The second kappa shape index (κ2) is 26.1. The summed E-state index contributed by atoms with van der Waals surface area (Å²) in [5.74, 6) is 0. The van der Waals surface area contributed by atoms with E-state index < -0.39 is 237 Å². The van der Waals surface area contributed by atoms with Gasteiger partial charge in [-0.15, -0.1) is 0 Å². The Morgan fingerprint density at radius 2 is 0.534 bits per heavy atom. The second-order valence-corrected chi connectivity index (χ2v) is 18.7. The summed E-state index contributed by atoms with van der Waals surface area (Å²) in [4.78, 5) is 0. The van der Waals surface area contributed by atoms with E-state index in [2.05, 4.69) is 0 Å². The molecule has 19 N–H and O–H groups in total. The predicted molar refractivity (Wildman–Crippen MR) is 222 cm³/mol. The molecule has 0 aromatic rings. The van der Waals surface area contributed by atoms with Crippen LogP contribution in [0.5, 0.6) is 0 Å². The molecule has 0 aromatic carbocycles. The maximum atomic E-state index is 11.8. The molecule has 1 unspecified atom stereocenters. The van der Waals surface area contributed by atoms with Crippen molar-refractivity contribution in [3.8, 4) is 0 Å². The lowest BCUT2D eigenvalue weighted by Gasteiger charge is -2.51. The summed E-state index contributed by atoms with van der Waals surface area (Å²) in [6.07, 6.45) is -59.8. The summed E-state index contributed by atoms with van der Waals surface area (Å²) in [6, 6.07) is 0. The Balaban J connectivity index is 1.22. The third kappa shape index (κ3) is 12.5. The largest absolute Gasteiger partial charge is 0.396 e. The van der Waals surface area contributed by atoms with Gasteiger partial charge in [-0.3, -0.25) is 0 Å². The first kappa shape index (κ1) is 59.4. The minimum Gasteiger partial charge on any atom is -0.396 e. The average molecular weight is 1070 g/mol. The highest BCUT2D eigenvalue weighted by Crippen LogP contribution is 2.38. The summed E-state index contributed by atoms with van der Waals surface area (Å²) in [6.45, 7) is -6.98. The molecule has 73 heavy (non-hydrogen) atoms. The Bertz CT molecular complexity index is 1650. The normalized spacial score (nSPS) is 51.7. The maximum absolute atomic E-state index is 11.8. The van der Waals surface area contributed by atoms with Crippen LogP contribution in [0.1, 0.15) is 12.8 Å². The van der Waals surface area contributed by atoms with Crippen LogP contribution in [0, 0.1) is 0 Å². The molecule has 0 radical (unpaired) electrons. The molecule has 0 spiro atoms. The van der Waals surface area contributed by atoms with Crippen LogP contribution in [0.15, 0.2) is 0 Å². The summed E-state index contributed by atoms with van der Waals surface area (Å²) in [5.41, 5.74) is 0. The highest BCUT2D eigenvalue weighted by molar-refractivity contribution is 5.01. The molecule has 32 nitrogen and oxygen atoms in total. The summed E-state index contributed by atoms with van der Waals surface area (Å²) in [5, 5.41) is 208. The molecule has 426 valence electrons. The minimum absolute atomic E-state index is 0.0148. The highest BCUT2D eigenvalue weighted by atomic mass is 16.8. The van der Waals surface area contributed by atoms with Gasteiger partial charge in [-0.25, -0.2) is 0 Å². The maximum Gasteiger partial charge on any atom is 0.187 e. The third-order valence-corrected chi connectivity index (χ3v) is 13.8. The van der Waals surface area contributed by atoms with Gasteiger partial charge in [0, 0.05) is 6.61 Å². The van der Waals surface area contributed by atoms with Crippen molar-refractivity contribution in [2.75, 3.05) is 52.9 Å². The van der Waals surface area contributed by atoms with E-state index in [0.717, 1.165) is 0 Å². The Labute approximate surface area is 414 Å². The van der Waals surface area contributed by atoms with Crippen LogP contribution in [0.25, 0.3) is 0 Å². The Kier molecular flexibility index (Phi) is 21.2. The van der Waals surface area contributed by atoms with Crippen LogP contribution in [0.2, 0.25) is 0 Å². The average Bonchev–Trinajstić information content (AvgIpc) is 3.38. The fourth-order valence-corrected chi connectivity index (χ4v) is 9.74. The first-order chi connectivity index (χ1) is 34.9. The third-order valence-electron chi connectivity index (χ3n) is 13.8. The molecule has 22 saturated heterocycles. The molecule has 12 bridgehead atoms. The highest BCUT2D eigenvalue weighted by Gasteiger charge is 2.59. The van der Waals surface area contributed by atoms with Gasteiger partial charge in [-0.1, -0.05) is 0 Å². The van der Waals surface area contributed by atoms with Crippen LogP contribution in [0.4, 0.5) is 0 Å². The van der Waals surface area contributed by atoms with E-state index >= 15 is 0 Å². The van der Waals surface area contributed by atoms with Crippen molar-refractivity contribution in [2.45, 2.75) is 203 Å². The fraction of sp³-hybridized carbons (Fsp3) is 1.00. The van der Waals surface area contributed by atoms with Crippen molar-refractivity contribution in [2.24, 2.45) is 0 Å². The first-order valence-corrected chi connectivity index (χ1v) is 23.8. The van der Waals surface area contributed by atoms with Gasteiger partial charge < -0.3 is 159 Å². The lowest BCUT2D eigenvalue weighted by molar-refractivity contribution is -0.405. The van der Waals surface area contributed by atoms with Gasteiger partial charge in [0.15, 0.2) is 37.7 Å². The molecule has 22 fully saturated rings. The van der Waals surface area contributed by atoms with E-state index in [-0.39, 0.29) is 19.4 Å². The van der Waals surface area contributed by atoms with Gasteiger partial charge >= 0.3 is 0 Å². The SMILES string of the molecule is OCCCC(O)CO[C@@H]1[C@@H](O)[C@H]2O[C@H]3[C@H](O)[C@@H](O)[C@@H](O[C@H]4[C@H](O)[C@@H](O)[C@@H](O[C@H]5[C@H](O)[C@@H](O)[C@@H](O[C@H]6[C@H](O)[C@@H](O)[C@@H](O[C@H]7[C@H](O)[C@@H](O)[C@@H](O[C@H]1[C@@H](CO)O2)O[C@@H]7CO)O[C@@H]6CO)O[C@@H]5CO)O[C@@H]4CO)O[C@@H]3CO. The van der Waals surface area contributed by atoms with E-state index in [1.165, 1.54) is 0 Å². The van der Waals surface area contributed by atoms with Crippen molar-refractivity contribution >= 4 is 0 Å². The van der Waals surface area contributed by atoms with E-state index in [0.29, 0.717) is 0 Å². The van der Waals surface area contributed by atoms with E-state index in [9.17, 15) is 97.0 Å². The lowest BCUT2D eigenvalue weighted by Crippen LogP contribution is -2.69. The number of aliphatic hydroxyl groups is 19. The van der Waals surface area contributed by atoms with Gasteiger partial charge in [0.2, 0.25) is 0 Å². The summed E-state index contributed by atoms with van der Waals surface area (Å²) in [7, 11) is 0. The van der Waals surface area contributed by atoms with Crippen molar-refractivity contribution in [3.05, 3.63) is 0 Å². The molecule has 22 heterocycles. The van der Waals surface area contributed by atoms with Gasteiger partial charge in [0.1, 0.15) is 146 Å². The molecule has 22 aliphatic heterocycles. The quantitative estimate of drug-likeness (QED) is 0.0863. The van der Waals surface area contributed by atoms with E-state index in [1.54, 1.807) is 0 Å². The van der Waals surface area contributed by atoms with Crippen LogP contribution in [-0.2, 0) is 61.6 Å². The molecular weight excluding hydrogens is 1000 g/mol. The van der Waals surface area contributed by atoms with Gasteiger partial charge in [0.25, 0.3) is 0 Å². The molecule has 22 rings (SSSR count). The van der Waals surface area contributed by atoms with Crippen molar-refractivity contribution < 1.29 is 159 Å². The standard InChI is InChI=1S/C41H70O32/c42-3-1-2-11(49)10-61-35-28(60)41-67-17(9-48)34(35)73-40-27(59)22(54)32(15(7-46)66-40)71-38-25(57)20(52)30(13(5-44)64-38)69-36-23(55)18(50)29(12(4-43)62-36)68-37-24(56)19(51)31(14(6-45)63-37)70-39-26(58)21(53)33(72-41)16(8-47)65-39/h11-60H,1-10H2/t11?,12-,13-,14-,15-,16-,17-,18-,19-,20-,21-,22-,23-,24-,25-,26-,27-,28-,29-,30-,31-,32-,33-,34+,35-,36-,37-,38-,39-,40-,41-/m1/s1. The van der Waals surface area contributed by atoms with Gasteiger partial charge in [0.05, 0.1) is 52.4 Å². The molecule has 31 atom stereocenters. The fourth-order valence-electron chi connectivity index (χ4n) is 9.74. The topological polar surface area (TPSA) is 504 Å². The zero-order valence-electron chi connectivity index (χ0n) is 38.8. The smallest absolute Gasteiger partial charge is 0.187 e.